The molecule has 31 heavy (non-hydrogen) atoms. The van der Waals surface area contributed by atoms with E-state index in [9.17, 15) is 10.1 Å². The minimum Gasteiger partial charge on any atom is -0.459 e. The molecule has 2 atom stereocenters. The summed E-state index contributed by atoms with van der Waals surface area (Å²) >= 11 is 5.64. The fourth-order valence-corrected chi connectivity index (χ4v) is 4.03. The molecule has 1 aliphatic rings. The molecule has 0 bridgehead atoms. The number of hydrogen-bond acceptors (Lipinski definition) is 6. The smallest absolute Gasteiger partial charge is 0.270 e. The standard InChI is InChI=1S/C22H23N5O3S/c1-25(2)12-13-26-21(20(24-22(26)31)17-8-3-4-11-23-17)19-10-9-18(30-19)15-6-5-7-16(14-15)27(28)29/h3-11,14,20-21H,12-13H2,1-2H3,(H,24,31)/t20-,21-/m0/s1. The summed E-state index contributed by atoms with van der Waals surface area (Å²) in [5.41, 5.74) is 1.55. The van der Waals surface area contributed by atoms with Crippen LogP contribution in [0.5, 0.6) is 0 Å². The molecule has 0 amide bonds. The highest BCUT2D eigenvalue weighted by Gasteiger charge is 2.41. The van der Waals surface area contributed by atoms with Gasteiger partial charge in [-0.1, -0.05) is 18.2 Å². The third-order valence-electron chi connectivity index (χ3n) is 5.25. The quantitative estimate of drug-likeness (QED) is 0.339. The van der Waals surface area contributed by atoms with Gasteiger partial charge in [-0.15, -0.1) is 0 Å². The van der Waals surface area contributed by atoms with Crippen LogP contribution in [0.25, 0.3) is 11.3 Å². The number of nitro groups is 1. The first-order valence-electron chi connectivity index (χ1n) is 9.91. The van der Waals surface area contributed by atoms with Gasteiger partial charge in [-0.2, -0.15) is 0 Å². The van der Waals surface area contributed by atoms with E-state index in [0.717, 1.165) is 24.5 Å². The molecule has 9 heteroatoms. The summed E-state index contributed by atoms with van der Waals surface area (Å²) in [5.74, 6) is 1.30. The first-order chi connectivity index (χ1) is 14.9. The summed E-state index contributed by atoms with van der Waals surface area (Å²) in [6.45, 7) is 1.55. The van der Waals surface area contributed by atoms with Crippen molar-refractivity contribution >= 4 is 23.0 Å². The number of nitrogens with zero attached hydrogens (tertiary/aromatic N) is 4. The number of nitro benzene ring substituents is 1. The van der Waals surface area contributed by atoms with Crippen LogP contribution in [-0.2, 0) is 0 Å². The predicted molar refractivity (Wildman–Crippen MR) is 122 cm³/mol. The normalized spacial score (nSPS) is 18.4. The average Bonchev–Trinajstić information content (AvgIpc) is 3.37. The van der Waals surface area contributed by atoms with Gasteiger partial charge in [-0.25, -0.2) is 0 Å². The van der Waals surface area contributed by atoms with E-state index in [2.05, 4.69) is 20.1 Å². The van der Waals surface area contributed by atoms with Crippen LogP contribution in [0.4, 0.5) is 5.69 Å². The van der Waals surface area contributed by atoms with Crippen molar-refractivity contribution in [3.8, 4) is 11.3 Å². The van der Waals surface area contributed by atoms with Crippen molar-refractivity contribution < 1.29 is 9.34 Å². The molecule has 1 aromatic carbocycles. The van der Waals surface area contributed by atoms with Crippen molar-refractivity contribution in [2.45, 2.75) is 12.1 Å². The topological polar surface area (TPSA) is 87.7 Å². The fourth-order valence-electron chi connectivity index (χ4n) is 3.70. The molecule has 0 unspecified atom stereocenters. The monoisotopic (exact) mass is 437 g/mol. The molecule has 0 spiro atoms. The van der Waals surface area contributed by atoms with Crippen LogP contribution in [0.2, 0.25) is 0 Å². The Bertz CT molecular complexity index is 1090. The third kappa shape index (κ3) is 4.42. The van der Waals surface area contributed by atoms with E-state index in [0.29, 0.717) is 16.4 Å². The Morgan fingerprint density at radius 3 is 2.77 bits per heavy atom. The van der Waals surface area contributed by atoms with Gasteiger partial charge >= 0.3 is 0 Å². The molecule has 1 saturated heterocycles. The largest absolute Gasteiger partial charge is 0.459 e. The van der Waals surface area contributed by atoms with Crippen molar-refractivity contribution in [3.63, 3.8) is 0 Å². The number of pyridine rings is 1. The van der Waals surface area contributed by atoms with Gasteiger partial charge in [0.05, 0.1) is 16.7 Å². The SMILES string of the molecule is CN(C)CCN1C(=S)N[C@@H](c2ccccn2)[C@@H]1c1ccc(-c2cccc([N+](=O)[O-])c2)o1. The van der Waals surface area contributed by atoms with E-state index >= 15 is 0 Å². The second kappa shape index (κ2) is 8.83. The van der Waals surface area contributed by atoms with Crippen molar-refractivity contribution in [1.29, 1.82) is 0 Å². The van der Waals surface area contributed by atoms with Crippen LogP contribution in [0.1, 0.15) is 23.5 Å². The molecular formula is C22H23N5O3S. The number of benzene rings is 1. The highest BCUT2D eigenvalue weighted by Crippen LogP contribution is 2.40. The lowest BCUT2D eigenvalue weighted by Crippen LogP contribution is -2.35. The van der Waals surface area contributed by atoms with E-state index in [4.69, 9.17) is 16.6 Å². The maximum absolute atomic E-state index is 11.1. The van der Waals surface area contributed by atoms with E-state index in [1.807, 2.05) is 44.4 Å². The number of rotatable bonds is 7. The van der Waals surface area contributed by atoms with Gasteiger partial charge in [0.2, 0.25) is 0 Å². The molecular weight excluding hydrogens is 414 g/mol. The Morgan fingerprint density at radius 2 is 2.06 bits per heavy atom. The third-order valence-corrected chi connectivity index (χ3v) is 5.60. The predicted octanol–water partition coefficient (Wildman–Crippen LogP) is 3.78. The van der Waals surface area contributed by atoms with E-state index < -0.39 is 4.92 Å². The maximum Gasteiger partial charge on any atom is 0.270 e. The molecule has 3 aromatic rings. The van der Waals surface area contributed by atoms with Crippen LogP contribution in [0.15, 0.2) is 65.2 Å². The minimum atomic E-state index is -0.410. The Balaban J connectivity index is 1.70. The number of likely N-dealkylation sites (N-methyl/N-ethyl adjacent to an activating group) is 1. The van der Waals surface area contributed by atoms with Gasteiger partial charge in [-0.05, 0) is 50.6 Å². The summed E-state index contributed by atoms with van der Waals surface area (Å²) in [6, 6.07) is 15.6. The van der Waals surface area contributed by atoms with Crippen molar-refractivity contribution in [2.24, 2.45) is 0 Å². The molecule has 0 aliphatic carbocycles. The first kappa shape index (κ1) is 21.0. The Kier molecular flexibility index (Phi) is 5.97. The van der Waals surface area contributed by atoms with Crippen LogP contribution in [-0.4, -0.2) is 52.0 Å². The average molecular weight is 438 g/mol. The first-order valence-corrected chi connectivity index (χ1v) is 10.3. The maximum atomic E-state index is 11.1. The van der Waals surface area contributed by atoms with Crippen molar-refractivity contribution in [3.05, 3.63) is 82.4 Å². The number of nitrogens with one attached hydrogen (secondary N) is 1. The zero-order valence-electron chi connectivity index (χ0n) is 17.3. The molecule has 160 valence electrons. The van der Waals surface area contributed by atoms with Crippen molar-refractivity contribution in [2.75, 3.05) is 27.2 Å². The Morgan fingerprint density at radius 1 is 1.23 bits per heavy atom. The van der Waals surface area contributed by atoms with Crippen LogP contribution in [0, 0.1) is 10.1 Å². The zero-order chi connectivity index (χ0) is 22.0. The summed E-state index contributed by atoms with van der Waals surface area (Å²) < 4.78 is 6.22. The second-order valence-corrected chi connectivity index (χ2v) is 8.02. The Labute approximate surface area is 185 Å². The van der Waals surface area contributed by atoms with Gasteiger partial charge in [0.15, 0.2) is 5.11 Å². The summed E-state index contributed by atoms with van der Waals surface area (Å²) in [4.78, 5) is 19.5. The van der Waals surface area contributed by atoms with Gasteiger partial charge in [0, 0.05) is 37.0 Å². The van der Waals surface area contributed by atoms with Gasteiger partial charge < -0.3 is 19.5 Å². The highest BCUT2D eigenvalue weighted by atomic mass is 32.1. The van der Waals surface area contributed by atoms with E-state index in [1.165, 1.54) is 12.1 Å². The van der Waals surface area contributed by atoms with E-state index in [1.54, 1.807) is 18.3 Å². The Hall–Kier alpha value is -3.30. The molecule has 2 aromatic heterocycles. The molecule has 8 nitrogen and oxygen atoms in total. The number of non-ortho nitro benzene ring substituents is 1. The van der Waals surface area contributed by atoms with Crippen LogP contribution in [0.3, 0.4) is 0 Å². The molecule has 1 aliphatic heterocycles. The highest BCUT2D eigenvalue weighted by molar-refractivity contribution is 7.80. The minimum absolute atomic E-state index is 0.0260. The number of furan rings is 1. The molecule has 1 fully saturated rings. The lowest BCUT2D eigenvalue weighted by Gasteiger charge is -2.27. The van der Waals surface area contributed by atoms with Gasteiger partial charge in [0.25, 0.3) is 5.69 Å². The summed E-state index contributed by atoms with van der Waals surface area (Å²) in [6.07, 6.45) is 1.76. The molecule has 4 rings (SSSR count). The fraction of sp³-hybridized carbons (Fsp3) is 0.273. The van der Waals surface area contributed by atoms with E-state index in [-0.39, 0.29) is 17.8 Å². The summed E-state index contributed by atoms with van der Waals surface area (Å²) in [5, 5.41) is 15.2. The van der Waals surface area contributed by atoms with Crippen molar-refractivity contribution in [1.82, 2.24) is 20.1 Å². The molecule has 1 N–H and O–H groups in total. The molecule has 3 heterocycles. The van der Waals surface area contributed by atoms with Gasteiger partial charge in [-0.3, -0.25) is 15.1 Å². The molecule has 0 saturated carbocycles. The number of aromatic nitrogens is 1. The lowest BCUT2D eigenvalue weighted by atomic mass is 10.0. The molecule has 0 radical (unpaired) electrons. The number of thiocarbonyl (C=S) groups is 1. The number of hydrogen-bond donors (Lipinski definition) is 1. The van der Waals surface area contributed by atoms with Crippen LogP contribution >= 0.6 is 12.2 Å². The zero-order valence-corrected chi connectivity index (χ0v) is 18.1. The second-order valence-electron chi connectivity index (χ2n) is 7.63. The summed E-state index contributed by atoms with van der Waals surface area (Å²) in [7, 11) is 4.04. The lowest BCUT2D eigenvalue weighted by molar-refractivity contribution is -0.384. The van der Waals surface area contributed by atoms with Gasteiger partial charge in [0.1, 0.15) is 17.6 Å². The van der Waals surface area contributed by atoms with Crippen LogP contribution < -0.4 is 5.32 Å².